The molecule has 0 aromatic heterocycles. The predicted molar refractivity (Wildman–Crippen MR) is 109 cm³/mol. The van der Waals surface area contributed by atoms with Crippen molar-refractivity contribution in [1.29, 1.82) is 0 Å². The molecule has 1 atom stereocenters. The van der Waals surface area contributed by atoms with Crippen molar-refractivity contribution in [3.05, 3.63) is 68.7 Å². The average molecular weight is 460 g/mol. The van der Waals surface area contributed by atoms with E-state index in [4.69, 9.17) is 28.9 Å². The van der Waals surface area contributed by atoms with Crippen LogP contribution in [0.25, 0.3) is 0 Å². The molecule has 1 unspecified atom stereocenters. The largest absolute Gasteiger partial charge is 0.417 e. The van der Waals surface area contributed by atoms with E-state index >= 15 is 0 Å². The van der Waals surface area contributed by atoms with Gasteiger partial charge in [-0.25, -0.2) is 0 Å². The van der Waals surface area contributed by atoms with Gasteiger partial charge in [-0.15, -0.1) is 0 Å². The molecule has 3 rings (SSSR count). The highest BCUT2D eigenvalue weighted by Crippen LogP contribution is 2.50. The van der Waals surface area contributed by atoms with Gasteiger partial charge in [-0.1, -0.05) is 29.3 Å². The molecule has 1 amide bonds. The second-order valence-corrected chi connectivity index (χ2v) is 7.85. The van der Waals surface area contributed by atoms with Crippen LogP contribution in [0, 0.1) is 0 Å². The van der Waals surface area contributed by atoms with Crippen LogP contribution in [-0.4, -0.2) is 41.6 Å². The standard InChI is InChI=1S/C20H18Cl2F3N3O2/c1-28-19(20(23,24)25,13-7-14(21)9-15(22)8-13)10-17(27-28)12-2-3-16(18(26)30)11(6-12)4-5-29/h2-3,6-9,29H,4-5,10H2,1H3,(H2,26,30). The minimum Gasteiger partial charge on any atom is -0.396 e. The number of aliphatic hydroxyl groups excluding tert-OH is 1. The molecule has 2 aromatic rings. The summed E-state index contributed by atoms with van der Waals surface area (Å²) in [6, 6.07) is 8.25. The number of rotatable bonds is 5. The lowest BCUT2D eigenvalue weighted by atomic mass is 9.83. The quantitative estimate of drug-likeness (QED) is 0.705. The SMILES string of the molecule is CN1N=C(c2ccc(C(N)=O)c(CCO)c2)CC1(c1cc(Cl)cc(Cl)c1)C(F)(F)F. The van der Waals surface area contributed by atoms with Gasteiger partial charge in [0.2, 0.25) is 5.91 Å². The highest BCUT2D eigenvalue weighted by molar-refractivity contribution is 6.34. The van der Waals surface area contributed by atoms with Gasteiger partial charge in [0.1, 0.15) is 0 Å². The summed E-state index contributed by atoms with van der Waals surface area (Å²) in [5.41, 5.74) is 3.95. The van der Waals surface area contributed by atoms with Crippen molar-refractivity contribution in [2.45, 2.75) is 24.6 Å². The van der Waals surface area contributed by atoms with Gasteiger partial charge in [-0.2, -0.15) is 18.3 Å². The molecule has 0 bridgehead atoms. The number of carbonyl (C=O) groups is 1. The van der Waals surface area contributed by atoms with E-state index in [2.05, 4.69) is 5.10 Å². The molecular formula is C20H18Cl2F3N3O2. The Labute approximate surface area is 180 Å². The Morgan fingerprint density at radius 1 is 1.23 bits per heavy atom. The van der Waals surface area contributed by atoms with Crippen molar-refractivity contribution < 1.29 is 23.1 Å². The Balaban J connectivity index is 2.10. The number of amides is 1. The van der Waals surface area contributed by atoms with Crippen LogP contribution in [0.3, 0.4) is 0 Å². The molecule has 1 heterocycles. The van der Waals surface area contributed by atoms with Crippen LogP contribution in [0.15, 0.2) is 41.5 Å². The molecule has 0 saturated carbocycles. The van der Waals surface area contributed by atoms with E-state index in [9.17, 15) is 23.1 Å². The number of hydrazone groups is 1. The fourth-order valence-electron chi connectivity index (χ4n) is 3.69. The van der Waals surface area contributed by atoms with Gasteiger partial charge in [0.05, 0.1) is 5.71 Å². The van der Waals surface area contributed by atoms with Crippen LogP contribution < -0.4 is 5.73 Å². The summed E-state index contributed by atoms with van der Waals surface area (Å²) < 4.78 is 43.1. The third-order valence-electron chi connectivity index (χ3n) is 5.14. The third-order valence-corrected chi connectivity index (χ3v) is 5.58. The smallest absolute Gasteiger partial charge is 0.396 e. The van der Waals surface area contributed by atoms with Crippen LogP contribution >= 0.6 is 23.2 Å². The lowest BCUT2D eigenvalue weighted by molar-refractivity contribution is -0.227. The summed E-state index contributed by atoms with van der Waals surface area (Å²) in [4.78, 5) is 11.6. The Bertz CT molecular complexity index is 1010. The van der Waals surface area contributed by atoms with Gasteiger partial charge in [0.25, 0.3) is 0 Å². The third kappa shape index (κ3) is 3.87. The first-order valence-electron chi connectivity index (χ1n) is 8.88. The Kier molecular flexibility index (Phi) is 6.04. The van der Waals surface area contributed by atoms with Gasteiger partial charge in [-0.3, -0.25) is 9.80 Å². The highest BCUT2D eigenvalue weighted by atomic mass is 35.5. The van der Waals surface area contributed by atoms with E-state index in [0.717, 1.165) is 5.01 Å². The van der Waals surface area contributed by atoms with E-state index in [-0.39, 0.29) is 39.9 Å². The van der Waals surface area contributed by atoms with Gasteiger partial charge < -0.3 is 10.8 Å². The first kappa shape index (κ1) is 22.4. The van der Waals surface area contributed by atoms with Crippen LogP contribution in [-0.2, 0) is 12.0 Å². The zero-order chi connectivity index (χ0) is 22.3. The number of carbonyl (C=O) groups excluding carboxylic acids is 1. The number of nitrogens with two attached hydrogens (primary N) is 1. The first-order chi connectivity index (χ1) is 14.0. The maximum absolute atomic E-state index is 14.4. The van der Waals surface area contributed by atoms with Crippen LogP contribution in [0.1, 0.15) is 33.5 Å². The fraction of sp³-hybridized carbons (Fsp3) is 0.300. The number of hydrogen-bond acceptors (Lipinski definition) is 4. The van der Waals surface area contributed by atoms with Gasteiger partial charge in [0.15, 0.2) is 5.54 Å². The normalized spacial score (nSPS) is 19.2. The molecule has 5 nitrogen and oxygen atoms in total. The van der Waals surface area contributed by atoms with Crippen molar-refractivity contribution >= 4 is 34.8 Å². The maximum atomic E-state index is 14.4. The number of aliphatic hydroxyl groups is 1. The average Bonchev–Trinajstić information content (AvgIpc) is 2.99. The van der Waals surface area contributed by atoms with E-state index < -0.39 is 24.0 Å². The molecule has 0 spiro atoms. The van der Waals surface area contributed by atoms with Gasteiger partial charge in [-0.05, 0) is 53.4 Å². The minimum absolute atomic E-state index is 0.0824. The van der Waals surface area contributed by atoms with E-state index in [0.29, 0.717) is 11.1 Å². The molecule has 10 heteroatoms. The van der Waals surface area contributed by atoms with Crippen LogP contribution in [0.2, 0.25) is 10.0 Å². The zero-order valence-electron chi connectivity index (χ0n) is 15.8. The van der Waals surface area contributed by atoms with E-state index in [1.54, 1.807) is 0 Å². The molecule has 1 aliphatic rings. The van der Waals surface area contributed by atoms with Crippen molar-refractivity contribution in [2.75, 3.05) is 13.7 Å². The topological polar surface area (TPSA) is 78.9 Å². The first-order valence-corrected chi connectivity index (χ1v) is 9.64. The summed E-state index contributed by atoms with van der Waals surface area (Å²) in [7, 11) is 1.24. The Morgan fingerprint density at radius 3 is 2.40 bits per heavy atom. The molecule has 0 saturated heterocycles. The molecule has 30 heavy (non-hydrogen) atoms. The Morgan fingerprint density at radius 2 is 1.87 bits per heavy atom. The summed E-state index contributed by atoms with van der Waals surface area (Å²) in [6.45, 7) is -0.246. The number of halogens is 5. The second kappa shape index (κ2) is 8.09. The van der Waals surface area contributed by atoms with Crippen molar-refractivity contribution in [3.63, 3.8) is 0 Å². The maximum Gasteiger partial charge on any atom is 0.417 e. The molecule has 3 N–H and O–H groups in total. The summed E-state index contributed by atoms with van der Waals surface area (Å²) in [5, 5.41) is 14.4. The molecule has 160 valence electrons. The highest BCUT2D eigenvalue weighted by Gasteiger charge is 2.62. The number of alkyl halides is 3. The lowest BCUT2D eigenvalue weighted by Gasteiger charge is -2.37. The molecule has 2 aromatic carbocycles. The lowest BCUT2D eigenvalue weighted by Crippen LogP contribution is -2.50. The van der Waals surface area contributed by atoms with Crippen LogP contribution in [0.4, 0.5) is 13.2 Å². The summed E-state index contributed by atoms with van der Waals surface area (Å²) in [6.07, 6.45) is -5.05. The number of hydrogen-bond donors (Lipinski definition) is 2. The van der Waals surface area contributed by atoms with Crippen LogP contribution in [0.5, 0.6) is 0 Å². The van der Waals surface area contributed by atoms with Crippen molar-refractivity contribution in [1.82, 2.24) is 5.01 Å². The fourth-order valence-corrected chi connectivity index (χ4v) is 4.21. The molecule has 0 radical (unpaired) electrons. The van der Waals surface area contributed by atoms with Gasteiger partial charge >= 0.3 is 6.18 Å². The van der Waals surface area contributed by atoms with Crippen molar-refractivity contribution in [2.24, 2.45) is 10.8 Å². The minimum atomic E-state index is -4.69. The van der Waals surface area contributed by atoms with Gasteiger partial charge in [0, 0.05) is 35.7 Å². The second-order valence-electron chi connectivity index (χ2n) is 6.97. The number of nitrogens with zero attached hydrogens (tertiary/aromatic N) is 2. The molecular weight excluding hydrogens is 442 g/mol. The molecule has 0 fully saturated rings. The zero-order valence-corrected chi connectivity index (χ0v) is 17.3. The van der Waals surface area contributed by atoms with Crippen molar-refractivity contribution in [3.8, 4) is 0 Å². The van der Waals surface area contributed by atoms with E-state index in [1.807, 2.05) is 0 Å². The number of primary amides is 1. The Hall–Kier alpha value is -2.29. The van der Waals surface area contributed by atoms with E-state index in [1.165, 1.54) is 43.4 Å². The summed E-state index contributed by atoms with van der Waals surface area (Å²) >= 11 is 11.9. The summed E-state index contributed by atoms with van der Waals surface area (Å²) in [5.74, 6) is -0.686. The molecule has 1 aliphatic heterocycles. The number of benzene rings is 2. The molecule has 0 aliphatic carbocycles. The predicted octanol–water partition coefficient (Wildman–Crippen LogP) is 4.12. The monoisotopic (exact) mass is 459 g/mol.